The molecule has 3 nitrogen and oxygen atoms in total. The number of halogens is 3. The van der Waals surface area contributed by atoms with E-state index in [9.17, 15) is 13.2 Å². The molecule has 0 aliphatic carbocycles. The summed E-state index contributed by atoms with van der Waals surface area (Å²) in [7, 11) is 0. The van der Waals surface area contributed by atoms with Gasteiger partial charge < -0.3 is 0 Å². The van der Waals surface area contributed by atoms with Gasteiger partial charge in [-0.3, -0.25) is 0 Å². The summed E-state index contributed by atoms with van der Waals surface area (Å²) < 4.78 is 38.5. The van der Waals surface area contributed by atoms with Gasteiger partial charge in [-0.25, -0.2) is 4.98 Å². The van der Waals surface area contributed by atoms with Crippen LogP contribution in [0, 0.1) is 6.92 Å². The number of aromatic nitrogens is 3. The molecular formula is C20H14F3N3S3. The fourth-order valence-corrected chi connectivity index (χ4v) is 5.24. The predicted octanol–water partition coefficient (Wildman–Crippen LogP) is 6.95. The molecule has 0 fully saturated rings. The van der Waals surface area contributed by atoms with Gasteiger partial charge in [-0.05, 0) is 42.1 Å². The van der Waals surface area contributed by atoms with Gasteiger partial charge >= 0.3 is 6.18 Å². The molecule has 148 valence electrons. The van der Waals surface area contributed by atoms with E-state index in [2.05, 4.69) is 15.2 Å². The summed E-state index contributed by atoms with van der Waals surface area (Å²) in [6.07, 6.45) is -4.34. The number of rotatable bonds is 5. The highest BCUT2D eigenvalue weighted by Crippen LogP contribution is 2.36. The second-order valence-corrected chi connectivity index (χ2v) is 9.10. The number of hydrogen-bond acceptors (Lipinski definition) is 6. The van der Waals surface area contributed by atoms with Crippen LogP contribution in [-0.2, 0) is 11.9 Å². The minimum absolute atomic E-state index is 0.389. The average molecular weight is 450 g/mol. The molecule has 0 radical (unpaired) electrons. The van der Waals surface area contributed by atoms with Gasteiger partial charge in [0.25, 0.3) is 0 Å². The van der Waals surface area contributed by atoms with Crippen LogP contribution in [0.5, 0.6) is 0 Å². The third-order valence-electron chi connectivity index (χ3n) is 4.04. The zero-order chi connectivity index (χ0) is 20.4. The van der Waals surface area contributed by atoms with Crippen molar-refractivity contribution in [3.63, 3.8) is 0 Å². The van der Waals surface area contributed by atoms with Gasteiger partial charge in [0.2, 0.25) is 0 Å². The molecule has 0 N–H and O–H groups in total. The summed E-state index contributed by atoms with van der Waals surface area (Å²) >= 11 is 4.57. The van der Waals surface area contributed by atoms with Crippen LogP contribution in [-0.4, -0.2) is 15.2 Å². The molecule has 3 heterocycles. The molecule has 1 aromatic carbocycles. The van der Waals surface area contributed by atoms with Crippen molar-refractivity contribution in [2.24, 2.45) is 0 Å². The van der Waals surface area contributed by atoms with E-state index in [4.69, 9.17) is 0 Å². The van der Waals surface area contributed by atoms with Crippen molar-refractivity contribution in [3.05, 3.63) is 70.7 Å². The van der Waals surface area contributed by atoms with Crippen molar-refractivity contribution < 1.29 is 13.2 Å². The first kappa shape index (κ1) is 20.1. The fraction of sp³-hybridized carbons (Fsp3) is 0.150. The first-order valence-corrected chi connectivity index (χ1v) is 11.2. The van der Waals surface area contributed by atoms with E-state index in [1.54, 1.807) is 28.7 Å². The zero-order valence-electron chi connectivity index (χ0n) is 15.1. The van der Waals surface area contributed by atoms with Crippen molar-refractivity contribution in [2.45, 2.75) is 23.9 Å². The van der Waals surface area contributed by atoms with Gasteiger partial charge in [-0.15, -0.1) is 32.9 Å². The fourth-order valence-electron chi connectivity index (χ4n) is 2.65. The Morgan fingerprint density at radius 1 is 1.03 bits per heavy atom. The van der Waals surface area contributed by atoms with Crippen LogP contribution in [0.4, 0.5) is 13.2 Å². The Morgan fingerprint density at radius 2 is 1.90 bits per heavy atom. The number of aryl methyl sites for hydroxylation is 1. The third-order valence-corrected chi connectivity index (χ3v) is 7.25. The molecule has 4 rings (SSSR count). The zero-order valence-corrected chi connectivity index (χ0v) is 17.6. The lowest BCUT2D eigenvalue weighted by Crippen LogP contribution is -2.04. The van der Waals surface area contributed by atoms with Gasteiger partial charge in [0.05, 0.1) is 21.0 Å². The lowest BCUT2D eigenvalue weighted by Gasteiger charge is -2.08. The highest BCUT2D eigenvalue weighted by Gasteiger charge is 2.30. The van der Waals surface area contributed by atoms with Crippen LogP contribution in [0.15, 0.2) is 58.9 Å². The van der Waals surface area contributed by atoms with Gasteiger partial charge in [0, 0.05) is 5.75 Å². The monoisotopic (exact) mass is 449 g/mol. The van der Waals surface area contributed by atoms with Crippen molar-refractivity contribution in [1.29, 1.82) is 0 Å². The first-order valence-electron chi connectivity index (χ1n) is 8.54. The molecular weight excluding hydrogens is 435 g/mol. The largest absolute Gasteiger partial charge is 0.416 e. The van der Waals surface area contributed by atoms with Gasteiger partial charge in [-0.2, -0.15) is 13.2 Å². The summed E-state index contributed by atoms with van der Waals surface area (Å²) in [5, 5.41) is 12.2. The van der Waals surface area contributed by atoms with Crippen LogP contribution in [0.25, 0.3) is 20.5 Å². The predicted molar refractivity (Wildman–Crippen MR) is 112 cm³/mol. The Hall–Kier alpha value is -2.23. The third kappa shape index (κ3) is 4.68. The summed E-state index contributed by atoms with van der Waals surface area (Å²) in [4.78, 5) is 6.70. The molecule has 0 aliphatic rings. The number of thioether (sulfide) groups is 1. The summed E-state index contributed by atoms with van der Waals surface area (Å²) in [5.74, 6) is 0.389. The topological polar surface area (TPSA) is 38.7 Å². The molecule has 0 saturated heterocycles. The minimum Gasteiger partial charge on any atom is -0.240 e. The summed E-state index contributed by atoms with van der Waals surface area (Å²) in [5.41, 5.74) is 1.59. The Bertz CT molecular complexity index is 1100. The second kappa shape index (κ2) is 8.25. The van der Waals surface area contributed by atoms with E-state index < -0.39 is 11.7 Å². The minimum atomic E-state index is -4.34. The van der Waals surface area contributed by atoms with Crippen molar-refractivity contribution in [1.82, 2.24) is 15.2 Å². The average Bonchev–Trinajstić information content (AvgIpc) is 3.36. The van der Waals surface area contributed by atoms with Crippen LogP contribution in [0.1, 0.15) is 16.8 Å². The molecule has 0 spiro atoms. The smallest absolute Gasteiger partial charge is 0.240 e. The lowest BCUT2D eigenvalue weighted by atomic mass is 10.1. The van der Waals surface area contributed by atoms with Crippen molar-refractivity contribution >= 4 is 34.4 Å². The number of hydrogen-bond donors (Lipinski definition) is 0. The maximum Gasteiger partial charge on any atom is 0.416 e. The number of alkyl halides is 3. The number of thiazole rings is 1. The van der Waals surface area contributed by atoms with Gasteiger partial charge in [0.1, 0.15) is 15.7 Å². The maximum absolute atomic E-state index is 12.8. The number of nitrogens with zero attached hydrogens (tertiary/aromatic N) is 3. The second-order valence-electron chi connectivity index (χ2n) is 6.15. The highest BCUT2D eigenvalue weighted by molar-refractivity contribution is 7.98. The molecule has 0 unspecified atom stereocenters. The van der Waals surface area contributed by atoms with Crippen LogP contribution >= 0.6 is 34.4 Å². The van der Waals surface area contributed by atoms with E-state index in [1.165, 1.54) is 23.9 Å². The normalized spacial score (nSPS) is 11.7. The van der Waals surface area contributed by atoms with Crippen molar-refractivity contribution in [2.75, 3.05) is 0 Å². The molecule has 4 aromatic rings. The van der Waals surface area contributed by atoms with E-state index in [0.717, 1.165) is 32.2 Å². The standard InChI is InChI=1S/C20H14F3N3S3/c1-12-18(29-19(24-12)16-6-3-9-27-16)15-7-8-17(26-25-15)28-11-13-4-2-5-14(10-13)20(21,22)23/h2-10H,11H2,1H3. The molecule has 0 amide bonds. The van der Waals surface area contributed by atoms with Crippen LogP contribution < -0.4 is 0 Å². The van der Waals surface area contributed by atoms with Crippen LogP contribution in [0.3, 0.4) is 0 Å². The van der Waals surface area contributed by atoms with E-state index in [0.29, 0.717) is 16.3 Å². The number of thiophene rings is 1. The quantitative estimate of drug-likeness (QED) is 0.309. The number of benzene rings is 1. The van der Waals surface area contributed by atoms with E-state index in [1.807, 2.05) is 36.6 Å². The SMILES string of the molecule is Cc1nc(-c2cccs2)sc1-c1ccc(SCc2cccc(C(F)(F)F)c2)nn1. The summed E-state index contributed by atoms with van der Waals surface area (Å²) in [6, 6.07) is 13.1. The van der Waals surface area contributed by atoms with Gasteiger partial charge in [-0.1, -0.05) is 36.0 Å². The van der Waals surface area contributed by atoms with Crippen LogP contribution in [0.2, 0.25) is 0 Å². The Kier molecular flexibility index (Phi) is 5.71. The molecule has 9 heteroatoms. The molecule has 0 atom stereocenters. The Morgan fingerprint density at radius 3 is 2.59 bits per heavy atom. The maximum atomic E-state index is 12.8. The molecule has 0 bridgehead atoms. The van der Waals surface area contributed by atoms with Gasteiger partial charge in [0.15, 0.2) is 0 Å². The molecule has 0 saturated carbocycles. The first-order chi connectivity index (χ1) is 13.9. The van der Waals surface area contributed by atoms with Crippen molar-refractivity contribution in [3.8, 4) is 20.5 Å². The lowest BCUT2D eigenvalue weighted by molar-refractivity contribution is -0.137. The Labute approximate surface area is 177 Å². The Balaban J connectivity index is 1.46. The van der Waals surface area contributed by atoms with E-state index in [-0.39, 0.29) is 0 Å². The summed E-state index contributed by atoms with van der Waals surface area (Å²) in [6.45, 7) is 1.95. The molecule has 3 aromatic heterocycles. The highest BCUT2D eigenvalue weighted by atomic mass is 32.2. The molecule has 0 aliphatic heterocycles. The van der Waals surface area contributed by atoms with E-state index >= 15 is 0 Å². The molecule has 29 heavy (non-hydrogen) atoms.